The van der Waals surface area contributed by atoms with Crippen LogP contribution in [0.15, 0.2) is 47.3 Å². The van der Waals surface area contributed by atoms with Gasteiger partial charge in [0.05, 0.1) is 0 Å². The zero-order valence-corrected chi connectivity index (χ0v) is 9.76. The molecule has 2 aromatic rings. The van der Waals surface area contributed by atoms with E-state index in [1.165, 1.54) is 24.3 Å². The van der Waals surface area contributed by atoms with Crippen molar-refractivity contribution in [3.05, 3.63) is 64.2 Å². The Morgan fingerprint density at radius 1 is 1.16 bits per heavy atom. The second kappa shape index (κ2) is 5.30. The summed E-state index contributed by atoms with van der Waals surface area (Å²) >= 11 is 0. The smallest absolute Gasteiger partial charge is 0.328 e. The molecule has 1 aromatic heterocycles. The van der Waals surface area contributed by atoms with Crippen molar-refractivity contribution in [3.8, 4) is 11.3 Å². The Morgan fingerprint density at radius 2 is 1.84 bits per heavy atom. The summed E-state index contributed by atoms with van der Waals surface area (Å²) in [4.78, 5) is 24.7. The first-order valence-electron chi connectivity index (χ1n) is 5.46. The number of aromatic nitrogens is 1. The molecule has 19 heavy (non-hydrogen) atoms. The summed E-state index contributed by atoms with van der Waals surface area (Å²) in [6.07, 6.45) is 2.11. The van der Waals surface area contributed by atoms with Crippen LogP contribution in [0.5, 0.6) is 0 Å². The van der Waals surface area contributed by atoms with Crippen molar-refractivity contribution in [2.75, 3.05) is 0 Å². The fraction of sp³-hybridized carbons (Fsp3) is 0. The van der Waals surface area contributed by atoms with Crippen LogP contribution in [-0.2, 0) is 4.79 Å². The number of hydrogen-bond donors (Lipinski definition) is 2. The highest BCUT2D eigenvalue weighted by molar-refractivity contribution is 5.85. The van der Waals surface area contributed by atoms with Gasteiger partial charge in [-0.25, -0.2) is 9.18 Å². The van der Waals surface area contributed by atoms with Crippen LogP contribution < -0.4 is 5.56 Å². The largest absolute Gasteiger partial charge is 0.478 e. The summed E-state index contributed by atoms with van der Waals surface area (Å²) < 4.78 is 12.8. The van der Waals surface area contributed by atoms with Crippen LogP contribution in [0.1, 0.15) is 5.56 Å². The monoisotopic (exact) mass is 259 g/mol. The Kier molecular flexibility index (Phi) is 3.56. The van der Waals surface area contributed by atoms with Gasteiger partial charge in [-0.1, -0.05) is 0 Å². The minimum atomic E-state index is -1.12. The van der Waals surface area contributed by atoms with E-state index in [4.69, 9.17) is 5.11 Å². The van der Waals surface area contributed by atoms with E-state index in [-0.39, 0.29) is 11.4 Å². The molecule has 4 nitrogen and oxygen atoms in total. The Bertz CT molecular complexity index is 687. The van der Waals surface area contributed by atoms with Gasteiger partial charge < -0.3 is 10.1 Å². The number of rotatable bonds is 3. The molecule has 0 fully saturated rings. The quantitative estimate of drug-likeness (QED) is 0.831. The van der Waals surface area contributed by atoms with Crippen LogP contribution in [0.3, 0.4) is 0 Å². The van der Waals surface area contributed by atoms with Crippen molar-refractivity contribution < 1.29 is 14.3 Å². The van der Waals surface area contributed by atoms with Crippen LogP contribution in [-0.4, -0.2) is 16.1 Å². The maximum atomic E-state index is 12.8. The fourth-order valence-corrected chi connectivity index (χ4v) is 1.58. The number of aromatic amines is 1. The van der Waals surface area contributed by atoms with Gasteiger partial charge in [-0.2, -0.15) is 0 Å². The number of benzene rings is 1. The van der Waals surface area contributed by atoms with Crippen LogP contribution in [0.2, 0.25) is 0 Å². The normalized spacial score (nSPS) is 10.8. The van der Waals surface area contributed by atoms with E-state index < -0.39 is 11.5 Å². The van der Waals surface area contributed by atoms with E-state index in [9.17, 15) is 14.0 Å². The summed E-state index contributed by atoms with van der Waals surface area (Å²) in [7, 11) is 0. The van der Waals surface area contributed by atoms with E-state index in [1.54, 1.807) is 18.2 Å². The van der Waals surface area contributed by atoms with Gasteiger partial charge in [-0.3, -0.25) is 4.79 Å². The number of H-pyrrole nitrogens is 1. The van der Waals surface area contributed by atoms with Crippen molar-refractivity contribution in [3.63, 3.8) is 0 Å². The number of halogens is 1. The van der Waals surface area contributed by atoms with Crippen LogP contribution in [0, 0.1) is 5.82 Å². The van der Waals surface area contributed by atoms with Crippen LogP contribution in [0.4, 0.5) is 4.39 Å². The van der Waals surface area contributed by atoms with E-state index in [1.807, 2.05) is 0 Å². The van der Waals surface area contributed by atoms with Crippen molar-refractivity contribution in [1.82, 2.24) is 4.98 Å². The minimum absolute atomic E-state index is 0.244. The predicted octanol–water partition coefficient (Wildman–Crippen LogP) is 2.28. The Balaban J connectivity index is 2.36. The molecule has 0 amide bonds. The number of hydrogen-bond acceptors (Lipinski definition) is 2. The second-order valence-corrected chi connectivity index (χ2v) is 3.83. The highest BCUT2D eigenvalue weighted by atomic mass is 19.1. The minimum Gasteiger partial charge on any atom is -0.478 e. The van der Waals surface area contributed by atoms with E-state index in [2.05, 4.69) is 4.98 Å². The lowest BCUT2D eigenvalue weighted by Crippen LogP contribution is -2.09. The average molecular weight is 259 g/mol. The Morgan fingerprint density at radius 3 is 2.42 bits per heavy atom. The molecule has 0 bridgehead atoms. The molecule has 2 N–H and O–H groups in total. The average Bonchev–Trinajstić information content (AvgIpc) is 2.38. The summed E-state index contributed by atoms with van der Waals surface area (Å²) in [5.74, 6) is -1.48. The van der Waals surface area contributed by atoms with Crippen molar-refractivity contribution in [2.45, 2.75) is 0 Å². The van der Waals surface area contributed by atoms with Gasteiger partial charge in [0.25, 0.3) is 5.56 Å². The standard InChI is InChI=1S/C14H10FNO3/c15-11-5-1-9(2-6-11)12-7-3-10(14(19)16-12)4-8-13(17)18/h1-8H,(H,16,19)(H,17,18)/b8-4+. The van der Waals surface area contributed by atoms with Gasteiger partial charge in [0.2, 0.25) is 0 Å². The molecule has 96 valence electrons. The zero-order valence-electron chi connectivity index (χ0n) is 9.76. The molecule has 0 spiro atoms. The molecule has 0 atom stereocenters. The molecule has 0 saturated carbocycles. The molecule has 0 unspecified atom stereocenters. The number of nitrogens with one attached hydrogen (secondary N) is 1. The third kappa shape index (κ3) is 3.16. The maximum Gasteiger partial charge on any atom is 0.328 e. The molecule has 1 heterocycles. The third-order valence-corrected chi connectivity index (χ3v) is 2.50. The maximum absolute atomic E-state index is 12.8. The highest BCUT2D eigenvalue weighted by Gasteiger charge is 2.02. The van der Waals surface area contributed by atoms with E-state index in [0.29, 0.717) is 11.3 Å². The Hall–Kier alpha value is -2.69. The highest BCUT2D eigenvalue weighted by Crippen LogP contribution is 2.16. The van der Waals surface area contributed by atoms with E-state index in [0.717, 1.165) is 6.08 Å². The van der Waals surface area contributed by atoms with Gasteiger partial charge in [-0.05, 0) is 48.0 Å². The first-order valence-corrected chi connectivity index (χ1v) is 5.46. The van der Waals surface area contributed by atoms with Gasteiger partial charge in [-0.15, -0.1) is 0 Å². The van der Waals surface area contributed by atoms with Crippen molar-refractivity contribution in [2.24, 2.45) is 0 Å². The lowest BCUT2D eigenvalue weighted by molar-refractivity contribution is -0.131. The molecule has 0 saturated heterocycles. The van der Waals surface area contributed by atoms with Crippen LogP contribution in [0.25, 0.3) is 17.3 Å². The zero-order chi connectivity index (χ0) is 13.8. The predicted molar refractivity (Wildman–Crippen MR) is 69.1 cm³/mol. The topological polar surface area (TPSA) is 70.2 Å². The molecule has 0 aliphatic rings. The summed E-state index contributed by atoms with van der Waals surface area (Å²) in [6, 6.07) is 8.84. The van der Waals surface area contributed by atoms with Crippen LogP contribution >= 0.6 is 0 Å². The second-order valence-electron chi connectivity index (χ2n) is 3.83. The molecule has 5 heteroatoms. The number of carboxylic acid groups (broad SMARTS) is 1. The summed E-state index contributed by atoms with van der Waals surface area (Å²) in [6.45, 7) is 0. The van der Waals surface area contributed by atoms with Gasteiger partial charge in [0.1, 0.15) is 5.82 Å². The van der Waals surface area contributed by atoms with Gasteiger partial charge >= 0.3 is 5.97 Å². The number of carboxylic acids is 1. The number of aliphatic carboxylic acids is 1. The lowest BCUT2D eigenvalue weighted by atomic mass is 10.1. The lowest BCUT2D eigenvalue weighted by Gasteiger charge is -2.02. The SMILES string of the molecule is O=C(O)/C=C/c1ccc(-c2ccc(F)cc2)[nH]c1=O. The summed E-state index contributed by atoms with van der Waals surface area (Å²) in [5, 5.41) is 8.49. The summed E-state index contributed by atoms with van der Waals surface area (Å²) in [5.41, 5.74) is 1.05. The Labute approximate surface area is 107 Å². The first kappa shape index (κ1) is 12.8. The molecule has 1 aromatic carbocycles. The van der Waals surface area contributed by atoms with Crippen molar-refractivity contribution in [1.29, 1.82) is 0 Å². The third-order valence-electron chi connectivity index (χ3n) is 2.50. The molecular weight excluding hydrogens is 249 g/mol. The first-order chi connectivity index (χ1) is 9.06. The molecule has 0 aliphatic heterocycles. The van der Waals surface area contributed by atoms with Crippen molar-refractivity contribution >= 4 is 12.0 Å². The van der Waals surface area contributed by atoms with Gasteiger partial charge in [0.15, 0.2) is 0 Å². The number of carbonyl (C=O) groups is 1. The molecule has 0 radical (unpaired) electrons. The number of pyridine rings is 1. The molecule has 2 rings (SSSR count). The molecular formula is C14H10FNO3. The fourth-order valence-electron chi connectivity index (χ4n) is 1.58. The van der Waals surface area contributed by atoms with E-state index >= 15 is 0 Å². The molecule has 0 aliphatic carbocycles. The van der Waals surface area contributed by atoms with Gasteiger partial charge in [0, 0.05) is 17.3 Å².